The van der Waals surface area contributed by atoms with Crippen molar-refractivity contribution in [1.29, 1.82) is 0 Å². The fourth-order valence-corrected chi connectivity index (χ4v) is 3.87. The predicted octanol–water partition coefficient (Wildman–Crippen LogP) is 1.25. The van der Waals surface area contributed by atoms with Gasteiger partial charge in [0.2, 0.25) is 10.0 Å². The average Bonchev–Trinajstić information content (AvgIpc) is 2.26. The number of nitrogens with one attached hydrogen (secondary N) is 2. The van der Waals surface area contributed by atoms with Gasteiger partial charge in [-0.15, -0.1) is 0 Å². The molecule has 1 aliphatic rings. The van der Waals surface area contributed by atoms with Crippen LogP contribution in [0.1, 0.15) is 48.0 Å². The third-order valence-corrected chi connectivity index (χ3v) is 4.25. The summed E-state index contributed by atoms with van der Waals surface area (Å²) < 4.78 is 31.3. The lowest BCUT2D eigenvalue weighted by molar-refractivity contribution is -0.0699. The molecule has 0 radical (unpaired) electrons. The molecule has 5 nitrogen and oxygen atoms in total. The van der Waals surface area contributed by atoms with Crippen LogP contribution in [0.5, 0.6) is 0 Å². The summed E-state index contributed by atoms with van der Waals surface area (Å²) in [6.45, 7) is 12.6. The third-order valence-electron chi connectivity index (χ3n) is 3.33. The lowest BCUT2D eigenvalue weighted by Crippen LogP contribution is -2.54. The standard InChI is InChI=1S/C13H28N2O3S/c1-11(2,15-19(7,16)17)9-14-10-8-12(3,4)18-13(10,5)6/h10,14-15H,8-9H2,1-7H3. The van der Waals surface area contributed by atoms with Crippen molar-refractivity contribution in [3.05, 3.63) is 0 Å². The highest BCUT2D eigenvalue weighted by Gasteiger charge is 2.45. The zero-order valence-electron chi connectivity index (χ0n) is 13.1. The van der Waals surface area contributed by atoms with Gasteiger partial charge >= 0.3 is 0 Å². The van der Waals surface area contributed by atoms with Crippen molar-refractivity contribution in [2.75, 3.05) is 12.8 Å². The second-order valence-corrected chi connectivity index (χ2v) is 9.11. The number of hydrogen-bond donors (Lipinski definition) is 2. The molecule has 1 saturated heterocycles. The monoisotopic (exact) mass is 292 g/mol. The second-order valence-electron chi connectivity index (χ2n) is 7.36. The van der Waals surface area contributed by atoms with E-state index in [4.69, 9.17) is 4.74 Å². The maximum absolute atomic E-state index is 11.3. The SMILES string of the molecule is CC(C)(CNC1CC(C)(C)OC1(C)C)NS(C)(=O)=O. The molecule has 0 bridgehead atoms. The first kappa shape index (κ1) is 16.9. The van der Waals surface area contributed by atoms with Crippen LogP contribution in [0.25, 0.3) is 0 Å². The van der Waals surface area contributed by atoms with Gasteiger partial charge in [0.05, 0.1) is 17.5 Å². The zero-order valence-corrected chi connectivity index (χ0v) is 13.9. The van der Waals surface area contributed by atoms with E-state index in [0.717, 1.165) is 6.42 Å². The molecule has 2 N–H and O–H groups in total. The molecule has 1 atom stereocenters. The molecule has 19 heavy (non-hydrogen) atoms. The lowest BCUT2D eigenvalue weighted by atomic mass is 9.93. The summed E-state index contributed by atoms with van der Waals surface area (Å²) in [7, 11) is -3.20. The largest absolute Gasteiger partial charge is 0.368 e. The molecular formula is C13H28N2O3S. The number of ether oxygens (including phenoxy) is 1. The van der Waals surface area contributed by atoms with Gasteiger partial charge in [-0.3, -0.25) is 0 Å². The van der Waals surface area contributed by atoms with Crippen molar-refractivity contribution in [1.82, 2.24) is 10.0 Å². The van der Waals surface area contributed by atoms with Crippen LogP contribution < -0.4 is 10.0 Å². The third kappa shape index (κ3) is 5.38. The van der Waals surface area contributed by atoms with Crippen molar-refractivity contribution in [2.45, 2.75) is 70.7 Å². The molecule has 0 aromatic heterocycles. The van der Waals surface area contributed by atoms with Crippen LogP contribution >= 0.6 is 0 Å². The van der Waals surface area contributed by atoms with E-state index in [-0.39, 0.29) is 17.2 Å². The Balaban J connectivity index is 2.62. The Morgan fingerprint density at radius 3 is 2.16 bits per heavy atom. The Morgan fingerprint density at radius 1 is 1.26 bits per heavy atom. The van der Waals surface area contributed by atoms with E-state index in [2.05, 4.69) is 37.7 Å². The predicted molar refractivity (Wildman–Crippen MR) is 77.7 cm³/mol. The molecule has 6 heteroatoms. The summed E-state index contributed by atoms with van der Waals surface area (Å²) in [6.07, 6.45) is 2.09. The van der Waals surface area contributed by atoms with Gasteiger partial charge in [0.1, 0.15) is 0 Å². The van der Waals surface area contributed by atoms with Crippen LogP contribution in [0.4, 0.5) is 0 Å². The molecule has 0 aromatic rings. The summed E-state index contributed by atoms with van der Waals surface area (Å²) in [5, 5.41) is 3.44. The van der Waals surface area contributed by atoms with Crippen molar-refractivity contribution in [3.63, 3.8) is 0 Å². The average molecular weight is 292 g/mol. The van der Waals surface area contributed by atoms with Gasteiger partial charge in [0.15, 0.2) is 0 Å². The first-order valence-electron chi connectivity index (χ1n) is 6.65. The van der Waals surface area contributed by atoms with Crippen LogP contribution in [-0.4, -0.2) is 44.0 Å². The summed E-state index contributed by atoms with van der Waals surface area (Å²) in [5.74, 6) is 0. The van der Waals surface area contributed by atoms with Crippen LogP contribution in [0.2, 0.25) is 0 Å². The van der Waals surface area contributed by atoms with Crippen molar-refractivity contribution < 1.29 is 13.2 Å². The van der Waals surface area contributed by atoms with Crippen LogP contribution in [0.15, 0.2) is 0 Å². The summed E-state index contributed by atoms with van der Waals surface area (Å²) >= 11 is 0. The van der Waals surface area contributed by atoms with Gasteiger partial charge in [-0.25, -0.2) is 13.1 Å². The smallest absolute Gasteiger partial charge is 0.209 e. The molecule has 1 rings (SSSR count). The van der Waals surface area contributed by atoms with Gasteiger partial charge in [0, 0.05) is 18.1 Å². The van der Waals surface area contributed by atoms with Gasteiger partial charge in [-0.1, -0.05) is 0 Å². The van der Waals surface area contributed by atoms with E-state index in [9.17, 15) is 8.42 Å². The Hall–Kier alpha value is -0.170. The van der Waals surface area contributed by atoms with Gasteiger partial charge < -0.3 is 10.1 Å². The molecule has 114 valence electrons. The van der Waals surface area contributed by atoms with Crippen LogP contribution in [0.3, 0.4) is 0 Å². The summed E-state index contributed by atoms with van der Waals surface area (Å²) in [6, 6.07) is 0.211. The number of hydrogen-bond acceptors (Lipinski definition) is 4. The highest BCUT2D eigenvalue weighted by Crippen LogP contribution is 2.37. The van der Waals surface area contributed by atoms with Crippen molar-refractivity contribution in [3.8, 4) is 0 Å². The Kier molecular flexibility index (Phi) is 4.43. The molecule has 1 heterocycles. The second kappa shape index (κ2) is 4.98. The maximum Gasteiger partial charge on any atom is 0.209 e. The quantitative estimate of drug-likeness (QED) is 0.800. The van der Waals surface area contributed by atoms with E-state index in [1.54, 1.807) is 0 Å². The summed E-state index contributed by atoms with van der Waals surface area (Å²) in [5.41, 5.74) is -0.906. The maximum atomic E-state index is 11.3. The lowest BCUT2D eigenvalue weighted by Gasteiger charge is -2.32. The fourth-order valence-electron chi connectivity index (χ4n) is 2.80. The molecule has 1 unspecified atom stereocenters. The highest BCUT2D eigenvalue weighted by molar-refractivity contribution is 7.88. The van der Waals surface area contributed by atoms with Gasteiger partial charge in [-0.2, -0.15) is 0 Å². The molecule has 0 aromatic carbocycles. The van der Waals surface area contributed by atoms with Crippen molar-refractivity contribution >= 4 is 10.0 Å². The molecule has 0 spiro atoms. The first-order chi connectivity index (χ1) is 8.23. The molecule has 1 aliphatic heterocycles. The number of rotatable bonds is 5. The Bertz CT molecular complexity index is 427. The topological polar surface area (TPSA) is 67.4 Å². The van der Waals surface area contributed by atoms with Gasteiger partial charge in [-0.05, 0) is 48.0 Å². The minimum atomic E-state index is -3.20. The minimum absolute atomic E-state index is 0.143. The van der Waals surface area contributed by atoms with Crippen molar-refractivity contribution in [2.24, 2.45) is 0 Å². The molecule has 1 fully saturated rings. The molecular weight excluding hydrogens is 264 g/mol. The van der Waals surface area contributed by atoms with Crippen LogP contribution in [0, 0.1) is 0 Å². The molecule has 0 saturated carbocycles. The van der Waals surface area contributed by atoms with E-state index in [1.165, 1.54) is 6.26 Å². The normalized spacial score (nSPS) is 26.6. The Labute approximate surface area is 117 Å². The Morgan fingerprint density at radius 2 is 1.79 bits per heavy atom. The van der Waals surface area contributed by atoms with Crippen LogP contribution in [-0.2, 0) is 14.8 Å². The van der Waals surface area contributed by atoms with E-state index in [0.29, 0.717) is 6.54 Å². The zero-order chi connectivity index (χ0) is 15.1. The summed E-state index contributed by atoms with van der Waals surface area (Å²) in [4.78, 5) is 0. The fraction of sp³-hybridized carbons (Fsp3) is 1.00. The first-order valence-corrected chi connectivity index (χ1v) is 8.54. The number of sulfonamides is 1. The van der Waals surface area contributed by atoms with E-state index < -0.39 is 15.6 Å². The highest BCUT2D eigenvalue weighted by atomic mass is 32.2. The molecule has 0 aliphatic carbocycles. The van der Waals surface area contributed by atoms with E-state index in [1.807, 2.05) is 13.8 Å². The van der Waals surface area contributed by atoms with E-state index >= 15 is 0 Å². The van der Waals surface area contributed by atoms with Gasteiger partial charge in [0.25, 0.3) is 0 Å². The minimum Gasteiger partial charge on any atom is -0.368 e. The molecule has 0 amide bonds.